The van der Waals surface area contributed by atoms with Gasteiger partial charge in [-0.15, -0.1) is 0 Å². The van der Waals surface area contributed by atoms with Gasteiger partial charge in [-0.2, -0.15) is 5.26 Å². The van der Waals surface area contributed by atoms with Crippen LogP contribution in [0.1, 0.15) is 57.6 Å². The van der Waals surface area contributed by atoms with E-state index in [1.54, 1.807) is 0 Å². The Kier molecular flexibility index (Phi) is 6.04. The van der Waals surface area contributed by atoms with Crippen LogP contribution in [0.15, 0.2) is 24.3 Å². The van der Waals surface area contributed by atoms with Gasteiger partial charge in [0.1, 0.15) is 11.6 Å². The van der Waals surface area contributed by atoms with Crippen molar-refractivity contribution < 1.29 is 10.1 Å². The zero-order chi connectivity index (χ0) is 16.9. The van der Waals surface area contributed by atoms with Gasteiger partial charge in [0.05, 0.1) is 6.07 Å². The van der Waals surface area contributed by atoms with Crippen molar-refractivity contribution in [3.8, 4) is 6.07 Å². The number of hydrogen-bond donors (Lipinski definition) is 2. The van der Waals surface area contributed by atoms with Crippen LogP contribution < -0.4 is 10.6 Å². The van der Waals surface area contributed by atoms with Crippen LogP contribution in [0.25, 0.3) is 0 Å². The summed E-state index contributed by atoms with van der Waals surface area (Å²) in [6.07, 6.45) is 4.68. The average molecular weight is 335 g/mol. The number of carbonyl (C=O) groups is 1. The summed E-state index contributed by atoms with van der Waals surface area (Å²) in [6, 6.07) is 9.92. The van der Waals surface area contributed by atoms with E-state index in [1.807, 2.05) is 36.5 Å². The molecule has 0 aromatic heterocycles. The lowest BCUT2D eigenvalue weighted by atomic mass is 9.82. The third kappa shape index (κ3) is 4.70. The number of amides is 1. The van der Waals surface area contributed by atoms with Crippen LogP contribution >= 0.6 is 11.6 Å². The minimum absolute atomic E-state index is 0.0609. The standard InChI is InChI=1S/C18H24ClN3O/c1-13(15-6-8-16(19)9-7-15)21-14(2)17(23)22-18(12-20)10-4-3-5-11-18/h6-9,13-14,21H,3-5,10-11H2,1-2H3,(H,22,23)/p+1/t13-,14-/m1/s1. The van der Waals surface area contributed by atoms with E-state index >= 15 is 0 Å². The second-order valence-electron chi connectivity index (χ2n) is 6.57. The van der Waals surface area contributed by atoms with Gasteiger partial charge in [0.15, 0.2) is 6.04 Å². The van der Waals surface area contributed by atoms with Crippen LogP contribution in [0.2, 0.25) is 5.02 Å². The molecule has 1 aliphatic carbocycles. The number of rotatable bonds is 5. The highest BCUT2D eigenvalue weighted by Gasteiger charge is 2.35. The predicted molar refractivity (Wildman–Crippen MR) is 90.8 cm³/mol. The van der Waals surface area contributed by atoms with Crippen molar-refractivity contribution in [1.29, 1.82) is 5.26 Å². The van der Waals surface area contributed by atoms with E-state index in [0.717, 1.165) is 37.7 Å². The lowest BCUT2D eigenvalue weighted by Gasteiger charge is -2.32. The number of carbonyl (C=O) groups excluding carboxylic acids is 1. The number of quaternary nitrogens is 1. The second-order valence-corrected chi connectivity index (χ2v) is 7.00. The predicted octanol–water partition coefficient (Wildman–Crippen LogP) is 2.70. The van der Waals surface area contributed by atoms with E-state index in [0.29, 0.717) is 5.02 Å². The highest BCUT2D eigenvalue weighted by atomic mass is 35.5. The SMILES string of the molecule is C[C@@H]([NH2+][C@H](C)c1ccc(Cl)cc1)C(=O)NC1(C#N)CCCCC1. The summed E-state index contributed by atoms with van der Waals surface area (Å²) in [7, 11) is 0. The van der Waals surface area contributed by atoms with Gasteiger partial charge >= 0.3 is 0 Å². The first-order valence-electron chi connectivity index (χ1n) is 8.29. The molecule has 0 spiro atoms. The molecule has 1 amide bonds. The number of nitriles is 1. The van der Waals surface area contributed by atoms with Crippen LogP contribution in [0.4, 0.5) is 0 Å². The molecule has 23 heavy (non-hydrogen) atoms. The largest absolute Gasteiger partial charge is 0.333 e. The van der Waals surface area contributed by atoms with Crippen molar-refractivity contribution in [1.82, 2.24) is 5.32 Å². The Balaban J connectivity index is 1.94. The third-order valence-corrected chi connectivity index (χ3v) is 4.92. The molecule has 0 aliphatic heterocycles. The van der Waals surface area contributed by atoms with Gasteiger partial charge in [0.2, 0.25) is 0 Å². The third-order valence-electron chi connectivity index (χ3n) is 4.67. The number of benzene rings is 1. The van der Waals surface area contributed by atoms with Gasteiger partial charge in [-0.3, -0.25) is 4.79 Å². The molecule has 124 valence electrons. The molecule has 5 heteroatoms. The van der Waals surface area contributed by atoms with Gasteiger partial charge in [-0.1, -0.05) is 43.0 Å². The lowest BCUT2D eigenvalue weighted by molar-refractivity contribution is -0.710. The smallest absolute Gasteiger partial charge is 0.279 e. The van der Waals surface area contributed by atoms with Crippen LogP contribution in [0.5, 0.6) is 0 Å². The molecule has 1 fully saturated rings. The molecular formula is C18H25ClN3O+. The number of nitrogens with one attached hydrogen (secondary N) is 1. The molecule has 1 aromatic rings. The summed E-state index contributed by atoms with van der Waals surface area (Å²) in [5.41, 5.74) is 0.461. The Hall–Kier alpha value is -1.57. The Bertz CT molecular complexity index is 573. The highest BCUT2D eigenvalue weighted by Crippen LogP contribution is 2.27. The monoisotopic (exact) mass is 334 g/mol. The van der Waals surface area contributed by atoms with Crippen molar-refractivity contribution in [2.45, 2.75) is 63.6 Å². The number of halogens is 1. The molecule has 1 aromatic carbocycles. The molecule has 3 N–H and O–H groups in total. The quantitative estimate of drug-likeness (QED) is 0.869. The number of nitrogens with two attached hydrogens (primary N) is 1. The molecule has 1 aliphatic rings. The summed E-state index contributed by atoms with van der Waals surface area (Å²) >= 11 is 5.91. The minimum Gasteiger partial charge on any atom is -0.333 e. The maximum atomic E-state index is 12.5. The van der Waals surface area contributed by atoms with E-state index in [4.69, 9.17) is 11.6 Å². The molecule has 0 saturated heterocycles. The van der Waals surface area contributed by atoms with Crippen LogP contribution in [0.3, 0.4) is 0 Å². The van der Waals surface area contributed by atoms with Gasteiger partial charge in [0, 0.05) is 10.6 Å². The Morgan fingerprint density at radius 2 is 1.87 bits per heavy atom. The molecule has 0 bridgehead atoms. The lowest BCUT2D eigenvalue weighted by Crippen LogP contribution is -2.92. The van der Waals surface area contributed by atoms with Crippen LogP contribution in [-0.2, 0) is 4.79 Å². The molecule has 4 nitrogen and oxygen atoms in total. The zero-order valence-corrected chi connectivity index (χ0v) is 14.6. The highest BCUT2D eigenvalue weighted by molar-refractivity contribution is 6.30. The molecule has 2 rings (SSSR count). The van der Waals surface area contributed by atoms with Crippen LogP contribution in [-0.4, -0.2) is 17.5 Å². The maximum Gasteiger partial charge on any atom is 0.279 e. The fraction of sp³-hybridized carbons (Fsp3) is 0.556. The number of hydrogen-bond acceptors (Lipinski definition) is 2. The summed E-state index contributed by atoms with van der Waals surface area (Å²) in [4.78, 5) is 12.5. The van der Waals surface area contributed by atoms with Crippen molar-refractivity contribution in [3.05, 3.63) is 34.9 Å². The second kappa shape index (κ2) is 7.81. The molecule has 0 unspecified atom stereocenters. The maximum absolute atomic E-state index is 12.5. The first kappa shape index (κ1) is 17.8. The van der Waals surface area contributed by atoms with E-state index in [2.05, 4.69) is 18.3 Å². The Labute approximate surface area is 143 Å². The van der Waals surface area contributed by atoms with Gasteiger partial charge in [-0.25, -0.2) is 0 Å². The van der Waals surface area contributed by atoms with E-state index < -0.39 is 5.54 Å². The minimum atomic E-state index is -0.666. The fourth-order valence-corrected chi connectivity index (χ4v) is 3.29. The van der Waals surface area contributed by atoms with E-state index in [9.17, 15) is 10.1 Å². The summed E-state index contributed by atoms with van der Waals surface area (Å²) in [5, 5.41) is 15.2. The van der Waals surface area contributed by atoms with Crippen molar-refractivity contribution in [2.24, 2.45) is 0 Å². The van der Waals surface area contributed by atoms with Crippen LogP contribution in [0, 0.1) is 11.3 Å². The Morgan fingerprint density at radius 3 is 2.43 bits per heavy atom. The molecule has 1 saturated carbocycles. The molecule has 0 radical (unpaired) electrons. The van der Waals surface area contributed by atoms with Crippen molar-refractivity contribution in [3.63, 3.8) is 0 Å². The van der Waals surface area contributed by atoms with Crippen molar-refractivity contribution in [2.75, 3.05) is 0 Å². The molecular weight excluding hydrogens is 310 g/mol. The molecule has 2 atom stereocenters. The topological polar surface area (TPSA) is 69.5 Å². The zero-order valence-electron chi connectivity index (χ0n) is 13.8. The van der Waals surface area contributed by atoms with E-state index in [1.165, 1.54) is 0 Å². The summed E-state index contributed by atoms with van der Waals surface area (Å²) in [5.74, 6) is -0.0609. The van der Waals surface area contributed by atoms with Gasteiger partial charge in [0.25, 0.3) is 5.91 Å². The Morgan fingerprint density at radius 1 is 1.26 bits per heavy atom. The normalized spacial score (nSPS) is 19.4. The summed E-state index contributed by atoms with van der Waals surface area (Å²) < 4.78 is 0. The van der Waals surface area contributed by atoms with Crippen molar-refractivity contribution >= 4 is 17.5 Å². The first-order chi connectivity index (χ1) is 11.0. The fourth-order valence-electron chi connectivity index (χ4n) is 3.17. The first-order valence-corrected chi connectivity index (χ1v) is 8.67. The van der Waals surface area contributed by atoms with Gasteiger partial charge in [-0.05, 0) is 38.8 Å². The van der Waals surface area contributed by atoms with E-state index in [-0.39, 0.29) is 18.0 Å². The average Bonchev–Trinajstić information content (AvgIpc) is 2.56. The summed E-state index contributed by atoms with van der Waals surface area (Å²) in [6.45, 7) is 3.95. The number of nitrogens with zero attached hydrogens (tertiary/aromatic N) is 1. The van der Waals surface area contributed by atoms with Gasteiger partial charge < -0.3 is 10.6 Å². The molecule has 0 heterocycles.